The fourth-order valence-electron chi connectivity index (χ4n) is 2.04. The Morgan fingerprint density at radius 1 is 1.33 bits per heavy atom. The molecule has 0 bridgehead atoms. The van der Waals surface area contributed by atoms with Crippen molar-refractivity contribution in [3.63, 3.8) is 0 Å². The summed E-state index contributed by atoms with van der Waals surface area (Å²) in [6.45, 7) is 2.43. The van der Waals surface area contributed by atoms with Gasteiger partial charge in [0.25, 0.3) is 5.91 Å². The van der Waals surface area contributed by atoms with Crippen LogP contribution in [0.2, 0.25) is 5.02 Å². The van der Waals surface area contributed by atoms with Crippen LogP contribution in [0.5, 0.6) is 0 Å². The van der Waals surface area contributed by atoms with Crippen LogP contribution in [-0.4, -0.2) is 30.4 Å². The summed E-state index contributed by atoms with van der Waals surface area (Å²) in [6, 6.07) is 6.06. The molecule has 1 fully saturated rings. The van der Waals surface area contributed by atoms with Crippen LogP contribution in [0.25, 0.3) is 0 Å². The van der Waals surface area contributed by atoms with E-state index in [2.05, 4.69) is 16.0 Å². The van der Waals surface area contributed by atoms with E-state index in [9.17, 15) is 14.4 Å². The van der Waals surface area contributed by atoms with Gasteiger partial charge < -0.3 is 10.6 Å². The Morgan fingerprint density at radius 3 is 2.57 bits per heavy atom. The molecule has 0 aromatic heterocycles. The molecule has 1 heterocycles. The molecule has 1 aliphatic rings. The van der Waals surface area contributed by atoms with Crippen LogP contribution in [0, 0.1) is 0 Å². The first-order chi connectivity index (χ1) is 9.95. The molecule has 6 nitrogen and oxygen atoms in total. The van der Waals surface area contributed by atoms with E-state index in [1.807, 2.05) is 19.1 Å². The number of urea groups is 1. The number of imide groups is 1. The Kier molecular flexibility index (Phi) is 4.80. The maximum atomic E-state index is 11.8. The molecule has 2 rings (SSSR count). The normalized spacial score (nSPS) is 18.9. The molecule has 0 spiro atoms. The molecule has 3 N–H and O–H groups in total. The lowest BCUT2D eigenvalue weighted by Crippen LogP contribution is -2.37. The van der Waals surface area contributed by atoms with E-state index in [0.717, 1.165) is 5.56 Å². The molecule has 1 aliphatic heterocycles. The molecule has 0 radical (unpaired) electrons. The first-order valence-electron chi connectivity index (χ1n) is 6.59. The fourth-order valence-corrected chi connectivity index (χ4v) is 2.16. The van der Waals surface area contributed by atoms with Gasteiger partial charge in [0, 0.05) is 11.6 Å². The van der Waals surface area contributed by atoms with Crippen LogP contribution < -0.4 is 16.0 Å². The number of hydrogen-bond acceptors (Lipinski definition) is 3. The Bertz CT molecular complexity index is 559. The number of nitrogens with one attached hydrogen (secondary N) is 3. The Labute approximate surface area is 127 Å². The lowest BCUT2D eigenvalue weighted by molar-refractivity contribution is -0.126. The van der Waals surface area contributed by atoms with E-state index >= 15 is 0 Å². The van der Waals surface area contributed by atoms with E-state index < -0.39 is 18.0 Å². The van der Waals surface area contributed by atoms with Crippen molar-refractivity contribution in [1.29, 1.82) is 0 Å². The van der Waals surface area contributed by atoms with Gasteiger partial charge >= 0.3 is 6.03 Å². The summed E-state index contributed by atoms with van der Waals surface area (Å²) in [5.74, 6) is -0.628. The zero-order valence-electron chi connectivity index (χ0n) is 11.5. The van der Waals surface area contributed by atoms with E-state index in [0.29, 0.717) is 11.6 Å². The maximum absolute atomic E-state index is 11.8. The summed E-state index contributed by atoms with van der Waals surface area (Å²) in [5, 5.41) is 7.89. The quantitative estimate of drug-likeness (QED) is 0.713. The Balaban J connectivity index is 1.79. The van der Waals surface area contributed by atoms with Gasteiger partial charge in [-0.05, 0) is 23.6 Å². The molecule has 2 atom stereocenters. The van der Waals surface area contributed by atoms with Gasteiger partial charge in [-0.2, -0.15) is 0 Å². The monoisotopic (exact) mass is 309 g/mol. The lowest BCUT2D eigenvalue weighted by atomic mass is 10.0. The third-order valence-corrected chi connectivity index (χ3v) is 3.54. The van der Waals surface area contributed by atoms with Gasteiger partial charge in [0.15, 0.2) is 0 Å². The van der Waals surface area contributed by atoms with E-state index in [1.165, 1.54) is 0 Å². The number of rotatable bonds is 5. The minimum atomic E-state index is -0.789. The predicted octanol–water partition coefficient (Wildman–Crippen LogP) is 1.16. The van der Waals surface area contributed by atoms with E-state index in [-0.39, 0.29) is 18.2 Å². The van der Waals surface area contributed by atoms with Gasteiger partial charge in [-0.25, -0.2) is 4.79 Å². The van der Waals surface area contributed by atoms with Crippen LogP contribution in [-0.2, 0) is 9.59 Å². The first kappa shape index (κ1) is 15.3. The zero-order valence-corrected chi connectivity index (χ0v) is 12.2. The van der Waals surface area contributed by atoms with Gasteiger partial charge in [-0.3, -0.25) is 14.9 Å². The highest BCUT2D eigenvalue weighted by Gasteiger charge is 2.31. The summed E-state index contributed by atoms with van der Waals surface area (Å²) >= 11 is 5.82. The van der Waals surface area contributed by atoms with Gasteiger partial charge in [0.05, 0.1) is 6.42 Å². The van der Waals surface area contributed by atoms with Crippen LogP contribution >= 0.6 is 11.6 Å². The topological polar surface area (TPSA) is 87.3 Å². The second-order valence-corrected chi connectivity index (χ2v) is 5.41. The van der Waals surface area contributed by atoms with Gasteiger partial charge in [0.2, 0.25) is 5.91 Å². The second-order valence-electron chi connectivity index (χ2n) is 4.98. The largest absolute Gasteiger partial charge is 0.355 e. The summed E-state index contributed by atoms with van der Waals surface area (Å²) in [7, 11) is 0. The molecule has 21 heavy (non-hydrogen) atoms. The van der Waals surface area contributed by atoms with Gasteiger partial charge in [0.1, 0.15) is 6.04 Å². The molecule has 0 aliphatic carbocycles. The highest BCUT2D eigenvalue weighted by atomic mass is 35.5. The fraction of sp³-hybridized carbons (Fsp3) is 0.357. The summed E-state index contributed by atoms with van der Waals surface area (Å²) in [5.41, 5.74) is 1.06. The van der Waals surface area contributed by atoms with Crippen LogP contribution in [0.15, 0.2) is 24.3 Å². The predicted molar refractivity (Wildman–Crippen MR) is 78.0 cm³/mol. The molecular formula is C14H16ClN3O3. The highest BCUT2D eigenvalue weighted by Crippen LogP contribution is 2.17. The number of carbonyl (C=O) groups excluding carboxylic acids is 3. The van der Waals surface area contributed by atoms with Crippen molar-refractivity contribution in [2.45, 2.75) is 25.3 Å². The van der Waals surface area contributed by atoms with Crippen molar-refractivity contribution in [1.82, 2.24) is 16.0 Å². The third kappa shape index (κ3) is 4.19. The first-order valence-corrected chi connectivity index (χ1v) is 6.97. The maximum Gasteiger partial charge on any atom is 0.322 e. The molecule has 112 valence electrons. The number of amides is 4. The van der Waals surface area contributed by atoms with Crippen LogP contribution in [0.1, 0.15) is 24.8 Å². The van der Waals surface area contributed by atoms with Crippen molar-refractivity contribution in [3.8, 4) is 0 Å². The lowest BCUT2D eigenvalue weighted by Gasteiger charge is -2.14. The average molecular weight is 310 g/mol. The molecule has 7 heteroatoms. The summed E-state index contributed by atoms with van der Waals surface area (Å²) < 4.78 is 0. The van der Waals surface area contributed by atoms with Crippen LogP contribution in [0.4, 0.5) is 4.79 Å². The van der Waals surface area contributed by atoms with Crippen LogP contribution in [0.3, 0.4) is 0 Å². The summed E-state index contributed by atoms with van der Waals surface area (Å²) in [4.78, 5) is 34.0. The molecule has 2 unspecified atom stereocenters. The molecule has 1 aromatic carbocycles. The van der Waals surface area contributed by atoms with Gasteiger partial charge in [-0.15, -0.1) is 0 Å². The van der Waals surface area contributed by atoms with E-state index in [4.69, 9.17) is 11.6 Å². The molecule has 1 saturated heterocycles. The van der Waals surface area contributed by atoms with Crippen molar-refractivity contribution in [2.75, 3.05) is 6.54 Å². The molecule has 0 saturated carbocycles. The molecule has 1 aromatic rings. The van der Waals surface area contributed by atoms with Gasteiger partial charge in [-0.1, -0.05) is 30.7 Å². The molecular weight excluding hydrogens is 294 g/mol. The number of carbonyl (C=O) groups is 3. The standard InChI is InChI=1S/C14H16ClN3O3/c1-8(9-2-4-10(15)5-3-9)7-16-12(19)6-11-13(20)18-14(21)17-11/h2-5,8,11H,6-7H2,1H3,(H,16,19)(H2,17,18,20,21). The number of hydrogen-bond donors (Lipinski definition) is 3. The molecule has 4 amide bonds. The average Bonchev–Trinajstić information content (AvgIpc) is 2.75. The zero-order chi connectivity index (χ0) is 15.4. The van der Waals surface area contributed by atoms with Crippen molar-refractivity contribution >= 4 is 29.4 Å². The third-order valence-electron chi connectivity index (χ3n) is 3.29. The van der Waals surface area contributed by atoms with Crippen molar-refractivity contribution in [2.24, 2.45) is 0 Å². The number of benzene rings is 1. The smallest absolute Gasteiger partial charge is 0.322 e. The number of halogens is 1. The Hall–Kier alpha value is -2.08. The SMILES string of the molecule is CC(CNC(=O)CC1NC(=O)NC1=O)c1ccc(Cl)cc1. The van der Waals surface area contributed by atoms with Crippen molar-refractivity contribution in [3.05, 3.63) is 34.9 Å². The highest BCUT2D eigenvalue weighted by molar-refractivity contribution is 6.30. The van der Waals surface area contributed by atoms with E-state index in [1.54, 1.807) is 12.1 Å². The minimum absolute atomic E-state index is 0.0646. The Morgan fingerprint density at radius 2 is 2.00 bits per heavy atom. The minimum Gasteiger partial charge on any atom is -0.355 e. The summed E-state index contributed by atoms with van der Waals surface area (Å²) in [6.07, 6.45) is -0.0646. The van der Waals surface area contributed by atoms with Crippen molar-refractivity contribution < 1.29 is 14.4 Å². The second kappa shape index (κ2) is 6.58.